The number of unbranched alkanes of at least 4 members (excludes halogenated alkanes) is 1. The number of carboxylic acid groups (broad SMARTS) is 1. The van der Waals surface area contributed by atoms with Crippen molar-refractivity contribution in [3.05, 3.63) is 39.9 Å². The lowest BCUT2D eigenvalue weighted by atomic mass is 10.2. The second-order valence-corrected chi connectivity index (χ2v) is 10.4. The van der Waals surface area contributed by atoms with Crippen LogP contribution in [0.5, 0.6) is 0 Å². The third-order valence-electron chi connectivity index (χ3n) is 3.49. The number of carbonyl (C=O) groups excluding carboxylic acids is 1. The average Bonchev–Trinajstić information content (AvgIpc) is 3.16. The van der Waals surface area contributed by atoms with Gasteiger partial charge in [0.2, 0.25) is 11.0 Å². The molecule has 0 bridgehead atoms. The zero-order valence-corrected chi connectivity index (χ0v) is 18.3. The van der Waals surface area contributed by atoms with Crippen LogP contribution in [0.25, 0.3) is 0 Å². The molecule has 18 heteroatoms. The average molecular weight is 510 g/mol. The van der Waals surface area contributed by atoms with Crippen molar-refractivity contribution < 1.29 is 41.5 Å². The predicted molar refractivity (Wildman–Crippen MR) is 106 cm³/mol. The van der Waals surface area contributed by atoms with E-state index in [0.29, 0.717) is 11.3 Å². The second kappa shape index (κ2) is 10.3. The molecule has 2 aromatic rings. The van der Waals surface area contributed by atoms with E-state index in [0.717, 1.165) is 12.1 Å². The number of anilines is 1. The van der Waals surface area contributed by atoms with Crippen molar-refractivity contribution in [1.82, 2.24) is 14.9 Å². The summed E-state index contributed by atoms with van der Waals surface area (Å²) in [7, 11) is -8.74. The van der Waals surface area contributed by atoms with Crippen molar-refractivity contribution in [3.63, 3.8) is 0 Å². The molecule has 0 fully saturated rings. The van der Waals surface area contributed by atoms with Crippen molar-refractivity contribution in [2.75, 3.05) is 11.3 Å². The SMILES string of the molecule is O=C(CCCCO[N+](=O)[O-])NS(=O)(=O)c1nnc(NS(=O)(=O)c2cccc(C(=O)O)c2)s1. The van der Waals surface area contributed by atoms with Crippen LogP contribution in [0.4, 0.5) is 5.13 Å². The molecular weight excluding hydrogens is 494 g/mol. The zero-order valence-electron chi connectivity index (χ0n) is 15.8. The molecule has 0 saturated heterocycles. The number of aromatic carboxylic acids is 1. The molecule has 1 aromatic heterocycles. The number of amides is 1. The summed E-state index contributed by atoms with van der Waals surface area (Å²) in [6.07, 6.45) is -0.00740. The first-order valence-electron chi connectivity index (χ1n) is 8.43. The van der Waals surface area contributed by atoms with Gasteiger partial charge < -0.3 is 9.94 Å². The first-order chi connectivity index (χ1) is 14.9. The normalized spacial score (nSPS) is 11.5. The number of sulfonamides is 2. The van der Waals surface area contributed by atoms with Crippen molar-refractivity contribution >= 4 is 48.4 Å². The number of nitrogens with zero attached hydrogens (tertiary/aromatic N) is 3. The number of hydrogen-bond donors (Lipinski definition) is 3. The molecule has 174 valence electrons. The summed E-state index contributed by atoms with van der Waals surface area (Å²) < 4.78 is 52.2. The summed E-state index contributed by atoms with van der Waals surface area (Å²) in [4.78, 5) is 36.4. The van der Waals surface area contributed by atoms with Gasteiger partial charge in [-0.2, -0.15) is 8.42 Å². The van der Waals surface area contributed by atoms with E-state index in [1.54, 1.807) is 4.72 Å². The molecule has 0 aliphatic heterocycles. The molecule has 0 radical (unpaired) electrons. The predicted octanol–water partition coefficient (Wildman–Crippen LogP) is 0.221. The molecule has 0 spiro atoms. The molecule has 1 heterocycles. The number of carboxylic acids is 1. The van der Waals surface area contributed by atoms with Crippen LogP contribution in [0.15, 0.2) is 33.5 Å². The van der Waals surface area contributed by atoms with Gasteiger partial charge in [-0.05, 0) is 31.0 Å². The van der Waals surface area contributed by atoms with Gasteiger partial charge in [0.1, 0.15) is 0 Å². The second-order valence-electron chi connectivity index (χ2n) is 5.85. The Kier molecular flexibility index (Phi) is 8.00. The van der Waals surface area contributed by atoms with Gasteiger partial charge in [-0.15, -0.1) is 20.3 Å². The van der Waals surface area contributed by atoms with Crippen LogP contribution in [-0.2, 0) is 29.7 Å². The van der Waals surface area contributed by atoms with Crippen LogP contribution in [0.3, 0.4) is 0 Å². The fourth-order valence-electron chi connectivity index (χ4n) is 2.10. The van der Waals surface area contributed by atoms with Crippen LogP contribution >= 0.6 is 11.3 Å². The van der Waals surface area contributed by atoms with E-state index in [4.69, 9.17) is 5.11 Å². The molecule has 0 aliphatic carbocycles. The quantitative estimate of drug-likeness (QED) is 0.198. The fraction of sp³-hybridized carbons (Fsp3) is 0.286. The molecule has 0 atom stereocenters. The smallest absolute Gasteiger partial charge is 0.335 e. The lowest BCUT2D eigenvalue weighted by Crippen LogP contribution is -2.30. The summed E-state index contributed by atoms with van der Waals surface area (Å²) in [5.41, 5.74) is -0.277. The maximum atomic E-state index is 12.4. The van der Waals surface area contributed by atoms with Gasteiger partial charge in [-0.1, -0.05) is 17.4 Å². The van der Waals surface area contributed by atoms with E-state index in [-0.39, 0.29) is 31.4 Å². The lowest BCUT2D eigenvalue weighted by molar-refractivity contribution is -0.757. The third-order valence-corrected chi connectivity index (χ3v) is 7.54. The van der Waals surface area contributed by atoms with E-state index < -0.39 is 51.4 Å². The van der Waals surface area contributed by atoms with Crippen LogP contribution in [0.2, 0.25) is 0 Å². The molecule has 15 nitrogen and oxygen atoms in total. The Bertz CT molecular complexity index is 1230. The van der Waals surface area contributed by atoms with Gasteiger partial charge in [0, 0.05) is 6.42 Å². The van der Waals surface area contributed by atoms with Crippen LogP contribution in [0, 0.1) is 10.1 Å². The Balaban J connectivity index is 2.01. The Morgan fingerprint density at radius 2 is 1.88 bits per heavy atom. The zero-order chi connectivity index (χ0) is 23.9. The van der Waals surface area contributed by atoms with Crippen LogP contribution in [-0.4, -0.2) is 55.7 Å². The Labute approximate surface area is 184 Å². The Morgan fingerprint density at radius 1 is 1.16 bits per heavy atom. The van der Waals surface area contributed by atoms with E-state index in [1.165, 1.54) is 12.1 Å². The van der Waals surface area contributed by atoms with E-state index in [1.807, 2.05) is 4.72 Å². The highest BCUT2D eigenvalue weighted by Gasteiger charge is 2.25. The summed E-state index contributed by atoms with van der Waals surface area (Å²) in [6.45, 7) is -0.248. The molecule has 32 heavy (non-hydrogen) atoms. The van der Waals surface area contributed by atoms with Gasteiger partial charge in [0.05, 0.1) is 17.1 Å². The van der Waals surface area contributed by atoms with E-state index >= 15 is 0 Å². The van der Waals surface area contributed by atoms with E-state index in [2.05, 4.69) is 15.0 Å². The monoisotopic (exact) mass is 509 g/mol. The number of carbonyl (C=O) groups is 2. The third kappa shape index (κ3) is 7.10. The number of hydrogen-bond acceptors (Lipinski definition) is 12. The molecule has 1 amide bonds. The van der Waals surface area contributed by atoms with Gasteiger partial charge in [-0.25, -0.2) is 17.9 Å². The van der Waals surface area contributed by atoms with Gasteiger partial charge in [0.15, 0.2) is 0 Å². The topological polar surface area (TPSA) is 225 Å². The van der Waals surface area contributed by atoms with Gasteiger partial charge >= 0.3 is 5.97 Å². The molecule has 0 unspecified atom stereocenters. The van der Waals surface area contributed by atoms with Gasteiger partial charge in [0.25, 0.3) is 29.5 Å². The Morgan fingerprint density at radius 3 is 2.53 bits per heavy atom. The molecule has 0 aliphatic rings. The number of benzene rings is 1. The highest BCUT2D eigenvalue weighted by atomic mass is 32.2. The molecule has 2 rings (SSSR count). The standard InChI is InChI=1S/C14H15N5O10S3/c20-11(6-1-2-7-29-19(23)24)17-32(27,28)14-16-15-13(30-14)18-31(25,26)10-5-3-4-9(8-10)12(21)22/h3-5,8H,1-2,6-7H2,(H,15,18)(H,17,20)(H,21,22). The van der Waals surface area contributed by atoms with E-state index in [9.17, 15) is 36.5 Å². The fourth-order valence-corrected chi connectivity index (χ4v) is 5.29. The van der Waals surface area contributed by atoms with Gasteiger partial charge in [-0.3, -0.25) is 9.52 Å². The van der Waals surface area contributed by atoms with Crippen LogP contribution in [0.1, 0.15) is 29.6 Å². The maximum absolute atomic E-state index is 12.4. The molecule has 1 aromatic carbocycles. The largest absolute Gasteiger partial charge is 0.478 e. The maximum Gasteiger partial charge on any atom is 0.335 e. The number of rotatable bonds is 12. The minimum atomic E-state index is -4.44. The first-order valence-corrected chi connectivity index (χ1v) is 12.2. The summed E-state index contributed by atoms with van der Waals surface area (Å²) in [6, 6.07) is 4.44. The molecule has 0 saturated carbocycles. The minimum absolute atomic E-state index is 0.117. The highest BCUT2D eigenvalue weighted by molar-refractivity contribution is 7.93. The summed E-state index contributed by atoms with van der Waals surface area (Å²) in [5, 5.41) is 24.3. The molecular formula is C14H15N5O10S3. The van der Waals surface area contributed by atoms with Crippen LogP contribution < -0.4 is 9.44 Å². The lowest BCUT2D eigenvalue weighted by Gasteiger charge is -2.05. The van der Waals surface area contributed by atoms with Crippen molar-refractivity contribution in [1.29, 1.82) is 0 Å². The molecule has 3 N–H and O–H groups in total. The minimum Gasteiger partial charge on any atom is -0.478 e. The highest BCUT2D eigenvalue weighted by Crippen LogP contribution is 2.23. The van der Waals surface area contributed by atoms with Crippen molar-refractivity contribution in [2.45, 2.75) is 28.5 Å². The summed E-state index contributed by atoms with van der Waals surface area (Å²) in [5.74, 6) is -2.25. The number of nitrogens with one attached hydrogen (secondary N) is 2. The summed E-state index contributed by atoms with van der Waals surface area (Å²) >= 11 is 0.323. The first kappa shape index (κ1) is 24.9. The number of aromatic nitrogens is 2. The van der Waals surface area contributed by atoms with Crippen molar-refractivity contribution in [3.8, 4) is 0 Å². The Hall–Kier alpha value is -3.38. The van der Waals surface area contributed by atoms with Crippen molar-refractivity contribution in [2.24, 2.45) is 0 Å².